The summed E-state index contributed by atoms with van der Waals surface area (Å²) in [7, 11) is 0. The fourth-order valence-corrected chi connectivity index (χ4v) is 4.14. The lowest BCUT2D eigenvalue weighted by Gasteiger charge is -2.24. The molecule has 4 rings (SSSR count). The number of nitrogens with zero attached hydrogens (tertiary/aromatic N) is 1. The van der Waals surface area contributed by atoms with Crippen molar-refractivity contribution in [3.05, 3.63) is 89.0 Å². The Balaban J connectivity index is 1.86. The highest BCUT2D eigenvalue weighted by Crippen LogP contribution is 2.42. The highest BCUT2D eigenvalue weighted by Gasteiger charge is 2.27. The lowest BCUT2D eigenvalue weighted by atomic mass is 10.1. The van der Waals surface area contributed by atoms with Gasteiger partial charge in [0.25, 0.3) is 5.91 Å². The SMILES string of the molecule is Cc1ccc(CN2C(=O)c3ccccc3Sc3ccc(C(=O)[O-])cc32)cc1. The fraction of sp³-hybridized carbons (Fsp3) is 0.0909. The Labute approximate surface area is 161 Å². The van der Waals surface area contributed by atoms with Crippen LogP contribution in [-0.2, 0) is 6.54 Å². The smallest absolute Gasteiger partial charge is 0.259 e. The van der Waals surface area contributed by atoms with Crippen LogP contribution in [0.2, 0.25) is 0 Å². The van der Waals surface area contributed by atoms with Crippen molar-refractivity contribution < 1.29 is 14.7 Å². The summed E-state index contributed by atoms with van der Waals surface area (Å²) in [6.07, 6.45) is 0. The molecule has 0 aromatic heterocycles. The second-order valence-electron chi connectivity index (χ2n) is 6.45. The van der Waals surface area contributed by atoms with Gasteiger partial charge < -0.3 is 14.8 Å². The van der Waals surface area contributed by atoms with E-state index in [1.807, 2.05) is 49.4 Å². The monoisotopic (exact) mass is 374 g/mol. The maximum absolute atomic E-state index is 13.3. The van der Waals surface area contributed by atoms with Gasteiger partial charge in [-0.2, -0.15) is 0 Å². The van der Waals surface area contributed by atoms with E-state index in [1.54, 1.807) is 17.0 Å². The molecule has 1 amide bonds. The first-order chi connectivity index (χ1) is 13.0. The van der Waals surface area contributed by atoms with Crippen LogP contribution in [0.3, 0.4) is 0 Å². The predicted molar refractivity (Wildman–Crippen MR) is 103 cm³/mol. The summed E-state index contributed by atoms with van der Waals surface area (Å²) >= 11 is 1.47. The van der Waals surface area contributed by atoms with E-state index >= 15 is 0 Å². The molecule has 1 aliphatic rings. The van der Waals surface area contributed by atoms with E-state index in [0.29, 0.717) is 17.8 Å². The minimum Gasteiger partial charge on any atom is -0.545 e. The van der Waals surface area contributed by atoms with Crippen LogP contribution >= 0.6 is 11.8 Å². The van der Waals surface area contributed by atoms with Gasteiger partial charge in [-0.05, 0) is 42.3 Å². The van der Waals surface area contributed by atoms with E-state index in [9.17, 15) is 14.7 Å². The summed E-state index contributed by atoms with van der Waals surface area (Å²) in [6.45, 7) is 2.37. The van der Waals surface area contributed by atoms with Gasteiger partial charge in [0.1, 0.15) is 0 Å². The van der Waals surface area contributed by atoms with Crippen molar-refractivity contribution >= 4 is 29.3 Å². The molecule has 0 fully saturated rings. The first-order valence-corrected chi connectivity index (χ1v) is 9.34. The van der Waals surface area contributed by atoms with Crippen LogP contribution in [0.15, 0.2) is 76.5 Å². The number of amides is 1. The number of fused-ring (bicyclic) bond motifs is 2. The summed E-state index contributed by atoms with van der Waals surface area (Å²) in [5.41, 5.74) is 3.37. The summed E-state index contributed by atoms with van der Waals surface area (Å²) in [6, 6.07) is 20.2. The zero-order valence-electron chi connectivity index (χ0n) is 14.6. The summed E-state index contributed by atoms with van der Waals surface area (Å²) in [5, 5.41) is 11.4. The molecule has 1 heterocycles. The van der Waals surface area contributed by atoms with Crippen molar-refractivity contribution in [1.29, 1.82) is 0 Å². The largest absolute Gasteiger partial charge is 0.545 e. The first kappa shape index (κ1) is 17.4. The van der Waals surface area contributed by atoms with Gasteiger partial charge in [0.2, 0.25) is 0 Å². The van der Waals surface area contributed by atoms with Crippen LogP contribution in [0.5, 0.6) is 0 Å². The molecule has 1 aliphatic heterocycles. The molecule has 4 nitrogen and oxygen atoms in total. The van der Waals surface area contributed by atoms with Gasteiger partial charge >= 0.3 is 0 Å². The molecule has 27 heavy (non-hydrogen) atoms. The topological polar surface area (TPSA) is 60.4 Å². The van der Waals surface area contributed by atoms with Crippen LogP contribution in [0.1, 0.15) is 31.8 Å². The standard InChI is InChI=1S/C22H17NO3S/c1-14-6-8-15(9-7-14)13-23-18-12-16(22(25)26)10-11-20(18)27-19-5-3-2-4-17(19)21(23)24/h2-12H,13H2,1H3,(H,25,26)/p-1. The maximum Gasteiger partial charge on any atom is 0.259 e. The van der Waals surface area contributed by atoms with Crippen molar-refractivity contribution in [2.24, 2.45) is 0 Å². The van der Waals surface area contributed by atoms with Gasteiger partial charge in [-0.25, -0.2) is 0 Å². The molecule has 0 bridgehead atoms. The number of hydrogen-bond acceptors (Lipinski definition) is 4. The lowest BCUT2D eigenvalue weighted by Crippen LogP contribution is -2.31. The second-order valence-corrected chi connectivity index (χ2v) is 7.53. The van der Waals surface area contributed by atoms with Crippen molar-refractivity contribution in [2.75, 3.05) is 4.90 Å². The number of carbonyl (C=O) groups excluding carboxylic acids is 2. The highest BCUT2D eigenvalue weighted by atomic mass is 32.2. The normalized spacial score (nSPS) is 12.9. The fourth-order valence-electron chi connectivity index (χ4n) is 3.08. The highest BCUT2D eigenvalue weighted by molar-refractivity contribution is 7.99. The predicted octanol–water partition coefficient (Wildman–Crippen LogP) is 3.67. The van der Waals surface area contributed by atoms with E-state index in [2.05, 4.69) is 0 Å². The minimum absolute atomic E-state index is 0.0574. The molecule has 0 aliphatic carbocycles. The van der Waals surface area contributed by atoms with Crippen molar-refractivity contribution in [3.63, 3.8) is 0 Å². The number of carboxylic acid groups (broad SMARTS) is 1. The molecule has 0 unspecified atom stereocenters. The van der Waals surface area contributed by atoms with Crippen molar-refractivity contribution in [1.82, 2.24) is 0 Å². The Kier molecular flexibility index (Phi) is 4.46. The van der Waals surface area contributed by atoms with Crippen LogP contribution in [-0.4, -0.2) is 11.9 Å². The van der Waals surface area contributed by atoms with Crippen LogP contribution in [0.25, 0.3) is 0 Å². The Morgan fingerprint density at radius 1 is 1.00 bits per heavy atom. The maximum atomic E-state index is 13.3. The molecule has 134 valence electrons. The van der Waals surface area contributed by atoms with E-state index < -0.39 is 5.97 Å². The number of hydrogen-bond donors (Lipinski definition) is 0. The number of benzene rings is 3. The van der Waals surface area contributed by atoms with E-state index in [4.69, 9.17) is 0 Å². The minimum atomic E-state index is -1.26. The summed E-state index contributed by atoms with van der Waals surface area (Å²) < 4.78 is 0. The van der Waals surface area contributed by atoms with Gasteiger partial charge in [-0.15, -0.1) is 0 Å². The Morgan fingerprint density at radius 3 is 2.48 bits per heavy atom. The third kappa shape index (κ3) is 3.34. The summed E-state index contributed by atoms with van der Waals surface area (Å²) in [4.78, 5) is 28.0. The van der Waals surface area contributed by atoms with Crippen molar-refractivity contribution in [3.8, 4) is 0 Å². The van der Waals surface area contributed by atoms with Crippen molar-refractivity contribution in [2.45, 2.75) is 23.3 Å². The average molecular weight is 374 g/mol. The number of carboxylic acids is 1. The van der Waals surface area contributed by atoms with Gasteiger partial charge in [-0.3, -0.25) is 4.79 Å². The second kappa shape index (κ2) is 6.93. The number of rotatable bonds is 3. The van der Waals surface area contributed by atoms with E-state index in [0.717, 1.165) is 20.9 Å². The average Bonchev–Trinajstić information content (AvgIpc) is 2.78. The Morgan fingerprint density at radius 2 is 1.74 bits per heavy atom. The van der Waals surface area contributed by atoms with Crippen LogP contribution in [0, 0.1) is 6.92 Å². The lowest BCUT2D eigenvalue weighted by molar-refractivity contribution is -0.255. The van der Waals surface area contributed by atoms with Gasteiger partial charge in [0, 0.05) is 9.79 Å². The zero-order valence-corrected chi connectivity index (χ0v) is 15.5. The molecule has 0 N–H and O–H groups in total. The van der Waals surface area contributed by atoms with Crippen LogP contribution < -0.4 is 10.0 Å². The molecular weight excluding hydrogens is 358 g/mol. The molecule has 0 saturated carbocycles. The quantitative estimate of drug-likeness (QED) is 0.702. The van der Waals surface area contributed by atoms with E-state index in [-0.39, 0.29) is 11.5 Å². The molecule has 5 heteroatoms. The molecule has 0 radical (unpaired) electrons. The molecule has 0 atom stereocenters. The van der Waals surface area contributed by atoms with Gasteiger partial charge in [0.05, 0.1) is 23.8 Å². The Hall–Kier alpha value is -3.05. The van der Waals surface area contributed by atoms with Crippen LogP contribution in [0.4, 0.5) is 5.69 Å². The summed E-state index contributed by atoms with van der Waals surface area (Å²) in [5.74, 6) is -1.40. The van der Waals surface area contributed by atoms with E-state index in [1.165, 1.54) is 23.9 Å². The first-order valence-electron chi connectivity index (χ1n) is 8.52. The van der Waals surface area contributed by atoms with Gasteiger partial charge in [0.15, 0.2) is 0 Å². The number of anilines is 1. The molecule has 3 aromatic rings. The number of aromatic carboxylic acids is 1. The zero-order chi connectivity index (χ0) is 19.0. The third-order valence-electron chi connectivity index (χ3n) is 4.53. The third-order valence-corrected chi connectivity index (χ3v) is 5.67. The number of aryl methyl sites for hydroxylation is 1. The molecule has 0 saturated heterocycles. The molecular formula is C22H16NO3S-. The molecule has 0 spiro atoms. The number of carbonyl (C=O) groups is 2. The molecule has 3 aromatic carbocycles. The Bertz CT molecular complexity index is 1040. The van der Waals surface area contributed by atoms with Gasteiger partial charge in [-0.1, -0.05) is 59.8 Å².